The summed E-state index contributed by atoms with van der Waals surface area (Å²) in [7, 11) is 0. The van der Waals surface area contributed by atoms with E-state index in [2.05, 4.69) is 13.8 Å². The number of hydrogen-bond acceptors (Lipinski definition) is 8. The molecule has 1 rings (SSSR count). The van der Waals surface area contributed by atoms with Gasteiger partial charge in [0.2, 0.25) is 0 Å². The Balaban J connectivity index is -0.000000520. The summed E-state index contributed by atoms with van der Waals surface area (Å²) in [5, 5.41) is 18.5. The SMILES string of the molecule is C.CC(C)C(=O)OC(CO)C(C)C.CC(C)C(=O)OC(COCC(O)C(C)C)C(C)C.CC(C)C1CO1. The van der Waals surface area contributed by atoms with E-state index < -0.39 is 6.10 Å². The normalized spacial score (nSPS) is 16.9. The third-order valence-corrected chi connectivity index (χ3v) is 5.59. The average molecular weight is 537 g/mol. The number of carbonyl (C=O) groups excluding carboxylic acids is 2. The summed E-state index contributed by atoms with van der Waals surface area (Å²) in [5.41, 5.74) is 0. The minimum absolute atomic E-state index is 0. The van der Waals surface area contributed by atoms with Crippen LogP contribution in [0.3, 0.4) is 0 Å². The van der Waals surface area contributed by atoms with Crippen molar-refractivity contribution >= 4 is 11.9 Å². The fourth-order valence-corrected chi connectivity index (χ4v) is 2.26. The molecule has 0 aromatic heterocycles. The number of aliphatic hydroxyl groups excluding tert-OH is 2. The maximum Gasteiger partial charge on any atom is 0.308 e. The zero-order valence-corrected chi connectivity index (χ0v) is 24.9. The molecule has 0 spiro atoms. The summed E-state index contributed by atoms with van der Waals surface area (Å²) in [6.45, 7) is 24.7. The lowest BCUT2D eigenvalue weighted by Crippen LogP contribution is -2.32. The minimum atomic E-state index is -0.474. The van der Waals surface area contributed by atoms with E-state index in [0.29, 0.717) is 12.7 Å². The van der Waals surface area contributed by atoms with E-state index in [1.807, 2.05) is 55.4 Å². The first-order valence-corrected chi connectivity index (χ1v) is 13.4. The summed E-state index contributed by atoms with van der Waals surface area (Å²) in [4.78, 5) is 22.6. The van der Waals surface area contributed by atoms with Gasteiger partial charge in [-0.25, -0.2) is 0 Å². The van der Waals surface area contributed by atoms with Gasteiger partial charge in [-0.2, -0.15) is 0 Å². The van der Waals surface area contributed by atoms with Crippen LogP contribution in [0, 0.1) is 35.5 Å². The van der Waals surface area contributed by atoms with Gasteiger partial charge in [0.15, 0.2) is 0 Å². The van der Waals surface area contributed by atoms with Gasteiger partial charge in [0.05, 0.1) is 50.5 Å². The van der Waals surface area contributed by atoms with Gasteiger partial charge >= 0.3 is 11.9 Å². The van der Waals surface area contributed by atoms with E-state index in [4.69, 9.17) is 24.1 Å². The lowest BCUT2D eigenvalue weighted by atomic mass is 10.1. The van der Waals surface area contributed by atoms with Gasteiger partial charge in [-0.1, -0.05) is 90.5 Å². The molecule has 8 nitrogen and oxygen atoms in total. The number of ether oxygens (including phenoxy) is 4. The van der Waals surface area contributed by atoms with Gasteiger partial charge in [0, 0.05) is 0 Å². The standard InChI is InChI=1S/C14H28O4.C9H18O3.C5H10O.CH4/c1-9(2)12(15)7-17-8-13(10(3)4)18-14(16)11(5)6;1-6(2)8(5-10)12-9(11)7(3)4;1-4(2)5-3-6-5;/h9-13,15H,7-8H2,1-6H3;6-8,10H,5H2,1-4H3;4-5H,3H2,1-2H3;1H4. The second-order valence-electron chi connectivity index (χ2n) is 11.4. The molecule has 8 heteroatoms. The highest BCUT2D eigenvalue weighted by Crippen LogP contribution is 2.18. The summed E-state index contributed by atoms with van der Waals surface area (Å²) in [6, 6.07) is 0. The monoisotopic (exact) mass is 536 g/mol. The number of aliphatic hydroxyl groups is 2. The summed E-state index contributed by atoms with van der Waals surface area (Å²) in [6.07, 6.45) is -0.484. The van der Waals surface area contributed by atoms with E-state index in [-0.39, 0.29) is 74.4 Å². The lowest BCUT2D eigenvalue weighted by molar-refractivity contribution is -0.159. The van der Waals surface area contributed by atoms with Gasteiger partial charge in [-0.05, 0) is 23.7 Å². The third kappa shape index (κ3) is 21.4. The topological polar surface area (TPSA) is 115 Å². The molecule has 0 radical (unpaired) electrons. The Bertz CT molecular complexity index is 568. The van der Waals surface area contributed by atoms with Gasteiger partial charge < -0.3 is 29.2 Å². The first-order chi connectivity index (χ1) is 16.5. The van der Waals surface area contributed by atoms with Crippen LogP contribution in [0.2, 0.25) is 0 Å². The fraction of sp³-hybridized carbons (Fsp3) is 0.931. The molecule has 1 aliphatic rings. The summed E-state index contributed by atoms with van der Waals surface area (Å²) >= 11 is 0. The Kier molecular flexibility index (Phi) is 23.6. The molecule has 0 aliphatic carbocycles. The Hall–Kier alpha value is -1.22. The molecule has 0 saturated carbocycles. The number of epoxide rings is 1. The van der Waals surface area contributed by atoms with Gasteiger partial charge in [0.25, 0.3) is 0 Å². The second-order valence-corrected chi connectivity index (χ2v) is 11.4. The van der Waals surface area contributed by atoms with E-state index >= 15 is 0 Å². The maximum absolute atomic E-state index is 11.5. The molecule has 1 heterocycles. The molecule has 0 aromatic rings. The van der Waals surface area contributed by atoms with E-state index in [1.165, 1.54) is 0 Å². The molecule has 0 bridgehead atoms. The Labute approximate surface area is 227 Å². The first-order valence-electron chi connectivity index (χ1n) is 13.4. The van der Waals surface area contributed by atoms with Crippen molar-refractivity contribution in [1.82, 2.24) is 0 Å². The molecule has 1 fully saturated rings. The van der Waals surface area contributed by atoms with Gasteiger partial charge in [-0.3, -0.25) is 9.59 Å². The molecule has 0 aromatic carbocycles. The van der Waals surface area contributed by atoms with Crippen molar-refractivity contribution in [2.24, 2.45) is 35.5 Å². The molecule has 0 amide bonds. The predicted octanol–water partition coefficient (Wildman–Crippen LogP) is 5.12. The van der Waals surface area contributed by atoms with E-state index in [9.17, 15) is 14.7 Å². The zero-order valence-electron chi connectivity index (χ0n) is 24.9. The van der Waals surface area contributed by atoms with Crippen LogP contribution in [0.15, 0.2) is 0 Å². The van der Waals surface area contributed by atoms with Crippen LogP contribution in [0.25, 0.3) is 0 Å². The van der Waals surface area contributed by atoms with Gasteiger partial charge in [-0.15, -0.1) is 0 Å². The Morgan fingerprint density at radius 1 is 0.757 bits per heavy atom. The molecular weight excluding hydrogens is 476 g/mol. The smallest absolute Gasteiger partial charge is 0.308 e. The molecule has 4 atom stereocenters. The fourth-order valence-electron chi connectivity index (χ4n) is 2.26. The van der Waals surface area contributed by atoms with Crippen LogP contribution >= 0.6 is 0 Å². The molecule has 224 valence electrons. The molecule has 4 unspecified atom stereocenters. The van der Waals surface area contributed by atoms with Crippen LogP contribution in [-0.4, -0.2) is 73.0 Å². The predicted molar refractivity (Wildman–Crippen MR) is 149 cm³/mol. The summed E-state index contributed by atoms with van der Waals surface area (Å²) < 4.78 is 20.8. The first kappa shape index (κ1) is 40.3. The Morgan fingerprint density at radius 3 is 1.41 bits per heavy atom. The van der Waals surface area contributed by atoms with E-state index in [1.54, 1.807) is 13.8 Å². The quantitative estimate of drug-likeness (QED) is 0.246. The zero-order chi connectivity index (χ0) is 28.6. The maximum atomic E-state index is 11.5. The lowest BCUT2D eigenvalue weighted by Gasteiger charge is -2.23. The Morgan fingerprint density at radius 2 is 1.16 bits per heavy atom. The van der Waals surface area contributed by atoms with Crippen LogP contribution < -0.4 is 0 Å². The van der Waals surface area contributed by atoms with Crippen molar-refractivity contribution in [3.8, 4) is 0 Å². The van der Waals surface area contributed by atoms with Crippen molar-refractivity contribution in [1.29, 1.82) is 0 Å². The highest BCUT2D eigenvalue weighted by Gasteiger charge is 2.25. The number of rotatable bonds is 13. The number of hydrogen-bond donors (Lipinski definition) is 2. The van der Waals surface area contributed by atoms with Crippen molar-refractivity contribution in [2.45, 2.75) is 115 Å². The van der Waals surface area contributed by atoms with Crippen LogP contribution in [0.4, 0.5) is 0 Å². The average Bonchev–Trinajstić information content (AvgIpc) is 3.62. The van der Waals surface area contributed by atoms with Crippen molar-refractivity contribution in [2.75, 3.05) is 26.4 Å². The largest absolute Gasteiger partial charge is 0.459 e. The molecule has 1 aliphatic heterocycles. The minimum Gasteiger partial charge on any atom is -0.459 e. The van der Waals surface area contributed by atoms with Crippen LogP contribution in [0.1, 0.15) is 90.5 Å². The van der Waals surface area contributed by atoms with Crippen molar-refractivity contribution < 1.29 is 38.7 Å². The molecule has 37 heavy (non-hydrogen) atoms. The van der Waals surface area contributed by atoms with Gasteiger partial charge in [0.1, 0.15) is 12.2 Å². The van der Waals surface area contributed by atoms with Crippen LogP contribution in [0.5, 0.6) is 0 Å². The summed E-state index contributed by atoms with van der Waals surface area (Å²) in [5.74, 6) is 0.557. The molecular formula is C29H60O8. The van der Waals surface area contributed by atoms with E-state index in [0.717, 1.165) is 12.5 Å². The number of carbonyl (C=O) groups is 2. The highest BCUT2D eigenvalue weighted by atomic mass is 16.6. The molecule has 1 saturated heterocycles. The highest BCUT2D eigenvalue weighted by molar-refractivity contribution is 5.72. The number of esters is 2. The molecule has 2 N–H and O–H groups in total. The van der Waals surface area contributed by atoms with Crippen molar-refractivity contribution in [3.63, 3.8) is 0 Å². The second kappa shape index (κ2) is 21.7. The third-order valence-electron chi connectivity index (χ3n) is 5.59. The van der Waals surface area contributed by atoms with Crippen LogP contribution in [-0.2, 0) is 28.5 Å². The van der Waals surface area contributed by atoms with Crippen molar-refractivity contribution in [3.05, 3.63) is 0 Å².